The molecule has 9 nitrogen and oxygen atoms in total. The van der Waals surface area contributed by atoms with E-state index in [2.05, 4.69) is 20.4 Å². The fourth-order valence-electron chi connectivity index (χ4n) is 3.36. The van der Waals surface area contributed by atoms with Crippen molar-refractivity contribution in [3.8, 4) is 0 Å². The summed E-state index contributed by atoms with van der Waals surface area (Å²) in [5.41, 5.74) is 8.10. The number of nitrogens with one attached hydrogen (secondary N) is 1. The number of nitrogens with zero attached hydrogens (tertiary/aromatic N) is 4. The molecule has 0 saturated carbocycles. The van der Waals surface area contributed by atoms with Crippen molar-refractivity contribution in [1.29, 1.82) is 0 Å². The topological polar surface area (TPSA) is 117 Å². The fraction of sp³-hybridized carbons (Fsp3) is 0.250. The van der Waals surface area contributed by atoms with Gasteiger partial charge in [0, 0.05) is 47.9 Å². The second kappa shape index (κ2) is 7.99. The lowest BCUT2D eigenvalue weighted by molar-refractivity contribution is 0.102. The number of rotatable bonds is 4. The van der Waals surface area contributed by atoms with E-state index in [1.807, 2.05) is 12.1 Å². The molecule has 30 heavy (non-hydrogen) atoms. The fourth-order valence-corrected chi connectivity index (χ4v) is 3.36. The average molecular weight is 412 g/mol. The number of hydrogen-bond acceptors (Lipinski definition) is 6. The number of fused-ring (bicyclic) bond motifs is 1. The van der Waals surface area contributed by atoms with Gasteiger partial charge in [0.1, 0.15) is 17.2 Å². The predicted octanol–water partition coefficient (Wildman–Crippen LogP) is 1.97. The zero-order valence-electron chi connectivity index (χ0n) is 16.3. The minimum absolute atomic E-state index is 0.157. The molecule has 0 spiro atoms. The van der Waals surface area contributed by atoms with Crippen LogP contribution in [0.5, 0.6) is 0 Å². The molecule has 1 fully saturated rings. The number of anilines is 2. The van der Waals surface area contributed by atoms with Gasteiger partial charge in [0.2, 0.25) is 0 Å². The van der Waals surface area contributed by atoms with Crippen LogP contribution in [-0.2, 0) is 4.74 Å². The van der Waals surface area contributed by atoms with Gasteiger partial charge in [0.15, 0.2) is 5.84 Å². The third kappa shape index (κ3) is 3.64. The van der Waals surface area contributed by atoms with E-state index in [9.17, 15) is 9.18 Å². The Balaban J connectivity index is 1.62. The molecule has 3 aromatic rings. The van der Waals surface area contributed by atoms with E-state index in [4.69, 9.17) is 15.7 Å². The molecular formula is C20H21FN6O3. The summed E-state index contributed by atoms with van der Waals surface area (Å²) in [5, 5.41) is 14.4. The Hall–Kier alpha value is -3.66. The highest BCUT2D eigenvalue weighted by Crippen LogP contribution is 2.23. The zero-order valence-corrected chi connectivity index (χ0v) is 16.3. The van der Waals surface area contributed by atoms with Crippen molar-refractivity contribution >= 4 is 28.8 Å². The van der Waals surface area contributed by atoms with Gasteiger partial charge < -0.3 is 25.9 Å². The van der Waals surface area contributed by atoms with Crippen molar-refractivity contribution in [2.45, 2.75) is 6.92 Å². The van der Waals surface area contributed by atoms with E-state index in [0.29, 0.717) is 24.6 Å². The summed E-state index contributed by atoms with van der Waals surface area (Å²) in [7, 11) is 0. The standard InChI is InChI=1S/C20H21FN6O3/c1-12-15(21)8-13(19(22)25-29)9-16(12)24-20(28)17-11-23-18-10-14(2-3-27(17)18)26-4-6-30-7-5-26/h2-3,8-11,29H,4-7H2,1H3,(H2,22,25)(H,24,28). The zero-order chi connectivity index (χ0) is 21.3. The molecule has 4 rings (SSSR count). The van der Waals surface area contributed by atoms with Crippen LogP contribution in [-0.4, -0.2) is 52.6 Å². The predicted molar refractivity (Wildman–Crippen MR) is 110 cm³/mol. The van der Waals surface area contributed by atoms with E-state index >= 15 is 0 Å². The van der Waals surface area contributed by atoms with Gasteiger partial charge in [-0.1, -0.05) is 5.16 Å². The minimum atomic E-state index is -0.581. The summed E-state index contributed by atoms with van der Waals surface area (Å²) in [5.74, 6) is -1.29. The Bertz CT molecular complexity index is 1140. The van der Waals surface area contributed by atoms with Crippen LogP contribution in [0, 0.1) is 12.7 Å². The first-order valence-corrected chi connectivity index (χ1v) is 9.37. The molecule has 156 valence electrons. The molecule has 0 unspecified atom stereocenters. The molecule has 4 N–H and O–H groups in total. The van der Waals surface area contributed by atoms with Gasteiger partial charge in [-0.3, -0.25) is 9.20 Å². The Morgan fingerprint density at radius 3 is 2.83 bits per heavy atom. The van der Waals surface area contributed by atoms with Gasteiger partial charge in [-0.2, -0.15) is 0 Å². The molecule has 0 radical (unpaired) electrons. The van der Waals surface area contributed by atoms with Crippen LogP contribution in [0.4, 0.5) is 15.8 Å². The van der Waals surface area contributed by atoms with Crippen LogP contribution in [0.15, 0.2) is 41.8 Å². The van der Waals surface area contributed by atoms with E-state index in [0.717, 1.165) is 24.8 Å². The molecule has 10 heteroatoms. The molecule has 0 aliphatic carbocycles. The van der Waals surface area contributed by atoms with Crippen molar-refractivity contribution in [1.82, 2.24) is 9.38 Å². The number of amidine groups is 1. The summed E-state index contributed by atoms with van der Waals surface area (Å²) in [4.78, 5) is 19.4. The summed E-state index contributed by atoms with van der Waals surface area (Å²) in [6.45, 7) is 4.48. The van der Waals surface area contributed by atoms with Gasteiger partial charge in [0.05, 0.1) is 19.4 Å². The Morgan fingerprint density at radius 2 is 2.10 bits per heavy atom. The van der Waals surface area contributed by atoms with Crippen molar-refractivity contribution in [2.75, 3.05) is 36.5 Å². The number of morpholine rings is 1. The number of imidazole rings is 1. The number of pyridine rings is 1. The number of benzene rings is 1. The van der Waals surface area contributed by atoms with Gasteiger partial charge in [-0.25, -0.2) is 9.37 Å². The molecular weight excluding hydrogens is 391 g/mol. The highest BCUT2D eigenvalue weighted by Gasteiger charge is 2.18. The normalized spacial score (nSPS) is 14.9. The first-order chi connectivity index (χ1) is 14.5. The van der Waals surface area contributed by atoms with Gasteiger partial charge in [0.25, 0.3) is 5.91 Å². The SMILES string of the molecule is Cc1c(F)cc(/C(N)=N/O)cc1NC(=O)c1cnc2cc(N3CCOCC3)ccn12. The summed E-state index contributed by atoms with van der Waals surface area (Å²) in [6, 6.07) is 6.42. The van der Waals surface area contributed by atoms with Crippen molar-refractivity contribution in [2.24, 2.45) is 10.9 Å². The number of carbonyl (C=O) groups is 1. The van der Waals surface area contributed by atoms with Gasteiger partial charge in [-0.05, 0) is 25.1 Å². The first kappa shape index (κ1) is 19.6. The Kier molecular flexibility index (Phi) is 5.23. The number of hydrogen-bond donors (Lipinski definition) is 3. The van der Waals surface area contributed by atoms with Crippen LogP contribution in [0.25, 0.3) is 5.65 Å². The van der Waals surface area contributed by atoms with Crippen molar-refractivity contribution in [3.05, 3.63) is 59.3 Å². The third-order valence-corrected chi connectivity index (χ3v) is 5.10. The number of aromatic nitrogens is 2. The molecule has 0 bridgehead atoms. The average Bonchev–Trinajstić information content (AvgIpc) is 3.20. The maximum absolute atomic E-state index is 14.2. The number of halogens is 1. The molecule has 2 aromatic heterocycles. The summed E-state index contributed by atoms with van der Waals surface area (Å²) < 4.78 is 21.3. The second-order valence-corrected chi connectivity index (χ2v) is 6.93. The highest BCUT2D eigenvalue weighted by molar-refractivity contribution is 6.05. The number of nitrogens with two attached hydrogens (primary N) is 1. The van der Waals surface area contributed by atoms with E-state index in [-0.39, 0.29) is 22.6 Å². The van der Waals surface area contributed by atoms with Crippen molar-refractivity contribution < 1.29 is 19.1 Å². The molecule has 3 heterocycles. The Labute approximate surface area is 171 Å². The maximum Gasteiger partial charge on any atom is 0.274 e. The lowest BCUT2D eigenvalue weighted by Gasteiger charge is -2.28. The third-order valence-electron chi connectivity index (χ3n) is 5.10. The lowest BCUT2D eigenvalue weighted by atomic mass is 10.1. The number of carbonyl (C=O) groups excluding carboxylic acids is 1. The molecule has 1 aromatic carbocycles. The van der Waals surface area contributed by atoms with Gasteiger partial charge in [-0.15, -0.1) is 0 Å². The van der Waals surface area contributed by atoms with E-state index in [1.54, 1.807) is 10.6 Å². The van der Waals surface area contributed by atoms with Crippen LogP contribution in [0.1, 0.15) is 21.6 Å². The first-order valence-electron chi connectivity index (χ1n) is 9.37. The Morgan fingerprint density at radius 1 is 1.33 bits per heavy atom. The van der Waals surface area contributed by atoms with Gasteiger partial charge >= 0.3 is 0 Å². The molecule has 1 aliphatic rings. The number of oxime groups is 1. The minimum Gasteiger partial charge on any atom is -0.409 e. The molecule has 1 saturated heterocycles. The van der Waals surface area contributed by atoms with E-state index < -0.39 is 11.7 Å². The number of amides is 1. The maximum atomic E-state index is 14.2. The van der Waals surface area contributed by atoms with Crippen LogP contribution in [0.3, 0.4) is 0 Å². The molecule has 1 amide bonds. The second-order valence-electron chi connectivity index (χ2n) is 6.93. The largest absolute Gasteiger partial charge is 0.409 e. The molecule has 1 aliphatic heterocycles. The summed E-state index contributed by atoms with van der Waals surface area (Å²) in [6.07, 6.45) is 3.25. The van der Waals surface area contributed by atoms with Crippen LogP contribution in [0.2, 0.25) is 0 Å². The van der Waals surface area contributed by atoms with Crippen LogP contribution < -0.4 is 16.0 Å². The molecule has 0 atom stereocenters. The monoisotopic (exact) mass is 412 g/mol. The summed E-state index contributed by atoms with van der Waals surface area (Å²) >= 11 is 0. The van der Waals surface area contributed by atoms with Crippen molar-refractivity contribution in [3.63, 3.8) is 0 Å². The van der Waals surface area contributed by atoms with Crippen LogP contribution >= 0.6 is 0 Å². The smallest absolute Gasteiger partial charge is 0.274 e. The lowest BCUT2D eigenvalue weighted by Crippen LogP contribution is -2.36. The highest BCUT2D eigenvalue weighted by atomic mass is 19.1. The quantitative estimate of drug-likeness (QED) is 0.261. The van der Waals surface area contributed by atoms with E-state index in [1.165, 1.54) is 19.2 Å². The number of ether oxygens (including phenoxy) is 1.